The summed E-state index contributed by atoms with van der Waals surface area (Å²) in [5.74, 6) is -0.812. The lowest BCUT2D eigenvalue weighted by Gasteiger charge is -2.14. The summed E-state index contributed by atoms with van der Waals surface area (Å²) in [6.45, 7) is 2.95. The average Bonchev–Trinajstić information content (AvgIpc) is 3.04. The highest BCUT2D eigenvalue weighted by atomic mass is 16.2. The molecular formula is C19H20N4O3. The monoisotopic (exact) mass is 352 g/mol. The van der Waals surface area contributed by atoms with E-state index in [1.165, 1.54) is 6.20 Å². The summed E-state index contributed by atoms with van der Waals surface area (Å²) >= 11 is 0. The molecule has 2 heterocycles. The lowest BCUT2D eigenvalue weighted by atomic mass is 10.1. The van der Waals surface area contributed by atoms with Gasteiger partial charge in [-0.05, 0) is 37.3 Å². The van der Waals surface area contributed by atoms with E-state index < -0.39 is 0 Å². The molecule has 0 radical (unpaired) electrons. The second-order valence-corrected chi connectivity index (χ2v) is 6.10. The summed E-state index contributed by atoms with van der Waals surface area (Å²) in [4.78, 5) is 41.9. The predicted molar refractivity (Wildman–Crippen MR) is 97.6 cm³/mol. The Bertz CT molecular complexity index is 823. The molecule has 1 atom stereocenters. The van der Waals surface area contributed by atoms with Crippen LogP contribution in [0, 0.1) is 5.92 Å². The molecule has 1 aliphatic rings. The largest absolute Gasteiger partial charge is 0.342 e. The van der Waals surface area contributed by atoms with E-state index in [1.807, 2.05) is 6.92 Å². The number of likely N-dealkylation sites (tertiary alicyclic amines) is 1. The number of nitrogens with zero attached hydrogens (tertiary/aromatic N) is 2. The van der Waals surface area contributed by atoms with Gasteiger partial charge in [0.15, 0.2) is 0 Å². The van der Waals surface area contributed by atoms with Crippen LogP contribution in [-0.2, 0) is 9.59 Å². The smallest absolute Gasteiger partial charge is 0.257 e. The molecule has 1 fully saturated rings. The van der Waals surface area contributed by atoms with Gasteiger partial charge < -0.3 is 15.5 Å². The van der Waals surface area contributed by atoms with Crippen molar-refractivity contribution in [3.63, 3.8) is 0 Å². The molecule has 134 valence electrons. The van der Waals surface area contributed by atoms with Crippen molar-refractivity contribution in [2.24, 2.45) is 5.92 Å². The van der Waals surface area contributed by atoms with Crippen LogP contribution < -0.4 is 10.6 Å². The van der Waals surface area contributed by atoms with Gasteiger partial charge in [-0.15, -0.1) is 0 Å². The van der Waals surface area contributed by atoms with Gasteiger partial charge in [-0.3, -0.25) is 19.4 Å². The standard InChI is InChI=1S/C19H20N4O3/c1-2-23-12-14(9-17(23)24)19(26)22-16-7-3-6-15(10-16)21-18(25)13-5-4-8-20-11-13/h3-8,10-11,14H,2,9,12H2,1H3,(H,21,25)(H,22,26). The van der Waals surface area contributed by atoms with Crippen LogP contribution in [0.4, 0.5) is 11.4 Å². The summed E-state index contributed by atoms with van der Waals surface area (Å²) in [6, 6.07) is 10.3. The van der Waals surface area contributed by atoms with E-state index in [4.69, 9.17) is 0 Å². The Hall–Kier alpha value is -3.22. The van der Waals surface area contributed by atoms with Crippen molar-refractivity contribution < 1.29 is 14.4 Å². The molecule has 7 nitrogen and oxygen atoms in total. The lowest BCUT2D eigenvalue weighted by molar-refractivity contribution is -0.128. The van der Waals surface area contributed by atoms with Gasteiger partial charge in [-0.2, -0.15) is 0 Å². The topological polar surface area (TPSA) is 91.4 Å². The number of pyridine rings is 1. The number of nitrogens with one attached hydrogen (secondary N) is 2. The van der Waals surface area contributed by atoms with Crippen molar-refractivity contribution >= 4 is 29.1 Å². The fourth-order valence-corrected chi connectivity index (χ4v) is 2.87. The van der Waals surface area contributed by atoms with E-state index in [-0.39, 0.29) is 30.1 Å². The minimum absolute atomic E-state index is 0.00475. The quantitative estimate of drug-likeness (QED) is 0.862. The second-order valence-electron chi connectivity index (χ2n) is 6.10. The first kappa shape index (κ1) is 17.6. The molecule has 1 aromatic carbocycles. The highest BCUT2D eigenvalue weighted by Gasteiger charge is 2.33. The van der Waals surface area contributed by atoms with Crippen molar-refractivity contribution in [1.82, 2.24) is 9.88 Å². The Balaban J connectivity index is 1.63. The summed E-state index contributed by atoms with van der Waals surface area (Å²) in [7, 11) is 0. The predicted octanol–water partition coefficient (Wildman–Crippen LogP) is 2.14. The van der Waals surface area contributed by atoms with E-state index in [1.54, 1.807) is 47.5 Å². The van der Waals surface area contributed by atoms with Crippen LogP contribution in [0.15, 0.2) is 48.8 Å². The van der Waals surface area contributed by atoms with Crippen LogP contribution in [0.1, 0.15) is 23.7 Å². The molecule has 1 unspecified atom stereocenters. The highest BCUT2D eigenvalue weighted by molar-refractivity contribution is 6.04. The van der Waals surface area contributed by atoms with Gasteiger partial charge in [-0.25, -0.2) is 0 Å². The summed E-state index contributed by atoms with van der Waals surface area (Å²) in [5.41, 5.74) is 1.58. The average molecular weight is 352 g/mol. The molecule has 1 aromatic heterocycles. The maximum Gasteiger partial charge on any atom is 0.257 e. The van der Waals surface area contributed by atoms with Crippen LogP contribution in [0.5, 0.6) is 0 Å². The van der Waals surface area contributed by atoms with Crippen molar-refractivity contribution in [3.05, 3.63) is 54.4 Å². The number of amides is 3. The molecule has 0 aliphatic carbocycles. The molecule has 0 saturated carbocycles. The molecule has 2 N–H and O–H groups in total. The summed E-state index contributed by atoms with van der Waals surface area (Å²) in [5, 5.41) is 5.59. The van der Waals surface area contributed by atoms with Gasteiger partial charge in [0.1, 0.15) is 0 Å². The first-order chi connectivity index (χ1) is 12.6. The SMILES string of the molecule is CCN1CC(C(=O)Nc2cccc(NC(=O)c3cccnc3)c2)CC1=O. The second kappa shape index (κ2) is 7.77. The molecule has 3 rings (SSSR count). The third-order valence-corrected chi connectivity index (χ3v) is 4.28. The summed E-state index contributed by atoms with van der Waals surface area (Å²) < 4.78 is 0. The Morgan fingerprint density at radius 3 is 2.62 bits per heavy atom. The molecular weight excluding hydrogens is 332 g/mol. The molecule has 1 saturated heterocycles. The third kappa shape index (κ3) is 4.05. The van der Waals surface area contributed by atoms with Gasteiger partial charge in [-0.1, -0.05) is 6.07 Å². The van der Waals surface area contributed by atoms with E-state index in [0.29, 0.717) is 30.0 Å². The molecule has 0 spiro atoms. The van der Waals surface area contributed by atoms with E-state index in [0.717, 1.165) is 0 Å². The number of carbonyl (C=O) groups excluding carboxylic acids is 3. The zero-order valence-electron chi connectivity index (χ0n) is 14.4. The van der Waals surface area contributed by atoms with E-state index in [9.17, 15) is 14.4 Å². The maximum atomic E-state index is 12.4. The van der Waals surface area contributed by atoms with Gasteiger partial charge in [0, 0.05) is 43.3 Å². The lowest BCUT2D eigenvalue weighted by Crippen LogP contribution is -2.28. The number of carbonyl (C=O) groups is 3. The van der Waals surface area contributed by atoms with Crippen LogP contribution in [0.3, 0.4) is 0 Å². The summed E-state index contributed by atoms with van der Waals surface area (Å²) in [6.07, 6.45) is 3.31. The van der Waals surface area contributed by atoms with Crippen LogP contribution in [-0.4, -0.2) is 40.7 Å². The first-order valence-electron chi connectivity index (χ1n) is 8.47. The number of hydrogen-bond acceptors (Lipinski definition) is 4. The minimum Gasteiger partial charge on any atom is -0.342 e. The number of aromatic nitrogens is 1. The minimum atomic E-state index is -0.351. The van der Waals surface area contributed by atoms with Crippen LogP contribution in [0.25, 0.3) is 0 Å². The van der Waals surface area contributed by atoms with Gasteiger partial charge in [0.2, 0.25) is 11.8 Å². The zero-order valence-corrected chi connectivity index (χ0v) is 14.4. The highest BCUT2D eigenvalue weighted by Crippen LogP contribution is 2.21. The van der Waals surface area contributed by atoms with Crippen molar-refractivity contribution in [2.45, 2.75) is 13.3 Å². The van der Waals surface area contributed by atoms with Crippen LogP contribution >= 0.6 is 0 Å². The Kier molecular flexibility index (Phi) is 5.26. The number of hydrogen-bond donors (Lipinski definition) is 2. The van der Waals surface area contributed by atoms with Gasteiger partial charge in [0.25, 0.3) is 5.91 Å². The molecule has 2 aromatic rings. The van der Waals surface area contributed by atoms with E-state index in [2.05, 4.69) is 15.6 Å². The van der Waals surface area contributed by atoms with Crippen molar-refractivity contribution in [1.29, 1.82) is 0 Å². The Morgan fingerprint density at radius 2 is 1.96 bits per heavy atom. The zero-order chi connectivity index (χ0) is 18.5. The molecule has 1 aliphatic heterocycles. The number of rotatable bonds is 5. The number of benzene rings is 1. The maximum absolute atomic E-state index is 12.4. The van der Waals surface area contributed by atoms with Gasteiger partial charge in [0.05, 0.1) is 11.5 Å². The first-order valence-corrected chi connectivity index (χ1v) is 8.47. The van der Waals surface area contributed by atoms with Crippen molar-refractivity contribution in [3.8, 4) is 0 Å². The molecule has 7 heteroatoms. The molecule has 3 amide bonds. The Labute approximate surface area is 151 Å². The fourth-order valence-electron chi connectivity index (χ4n) is 2.87. The Morgan fingerprint density at radius 1 is 1.19 bits per heavy atom. The van der Waals surface area contributed by atoms with Gasteiger partial charge >= 0.3 is 0 Å². The van der Waals surface area contributed by atoms with Crippen molar-refractivity contribution in [2.75, 3.05) is 23.7 Å². The normalized spacial score (nSPS) is 16.4. The number of anilines is 2. The molecule has 0 bridgehead atoms. The van der Waals surface area contributed by atoms with E-state index >= 15 is 0 Å². The fraction of sp³-hybridized carbons (Fsp3) is 0.263. The third-order valence-electron chi connectivity index (χ3n) is 4.28. The van der Waals surface area contributed by atoms with Crippen LogP contribution in [0.2, 0.25) is 0 Å². The molecule has 26 heavy (non-hydrogen) atoms.